The third-order valence-electron chi connectivity index (χ3n) is 2.22. The van der Waals surface area contributed by atoms with E-state index in [1.165, 1.54) is 12.4 Å². The van der Waals surface area contributed by atoms with E-state index >= 15 is 0 Å². The fourth-order valence-corrected chi connectivity index (χ4v) is 1.98. The number of benzene rings is 1. The van der Waals surface area contributed by atoms with Gasteiger partial charge in [-0.1, -0.05) is 29.3 Å². The first-order valence-corrected chi connectivity index (χ1v) is 5.39. The van der Waals surface area contributed by atoms with Crippen LogP contribution in [0.1, 0.15) is 0 Å². The molecule has 0 saturated heterocycles. The topological polar surface area (TPSA) is 56.0 Å². The van der Waals surface area contributed by atoms with E-state index in [1.54, 1.807) is 24.3 Å². The van der Waals surface area contributed by atoms with Crippen LogP contribution in [0.3, 0.4) is 0 Å². The van der Waals surface area contributed by atoms with Crippen LogP contribution in [0.25, 0.3) is 11.1 Å². The summed E-state index contributed by atoms with van der Waals surface area (Å²) in [5.41, 5.74) is 0.897. The summed E-state index contributed by atoms with van der Waals surface area (Å²) in [5, 5.41) is 11.7. The minimum atomic E-state index is -0.493. The Kier molecular flexibility index (Phi) is 3.26. The van der Waals surface area contributed by atoms with Gasteiger partial charge >= 0.3 is 0 Å². The molecule has 0 bridgehead atoms. The Morgan fingerprint density at radius 1 is 1.18 bits per heavy atom. The molecule has 0 fully saturated rings. The van der Waals surface area contributed by atoms with E-state index in [0.29, 0.717) is 21.2 Å². The van der Waals surface area contributed by atoms with Crippen LogP contribution in [-0.4, -0.2) is 9.91 Å². The third-order valence-corrected chi connectivity index (χ3v) is 2.77. The van der Waals surface area contributed by atoms with Crippen molar-refractivity contribution in [2.45, 2.75) is 0 Å². The summed E-state index contributed by atoms with van der Waals surface area (Å²) in [4.78, 5) is 14.1. The maximum atomic E-state index is 10.9. The van der Waals surface area contributed by atoms with Crippen molar-refractivity contribution < 1.29 is 4.92 Å². The van der Waals surface area contributed by atoms with Crippen LogP contribution in [-0.2, 0) is 0 Å². The first kappa shape index (κ1) is 11.8. The number of rotatable bonds is 2. The van der Waals surface area contributed by atoms with Gasteiger partial charge in [0.2, 0.25) is 0 Å². The van der Waals surface area contributed by atoms with Crippen molar-refractivity contribution in [3.8, 4) is 11.1 Å². The van der Waals surface area contributed by atoms with Gasteiger partial charge in [0.1, 0.15) is 6.20 Å². The minimum absolute atomic E-state index is 0.0864. The van der Waals surface area contributed by atoms with Gasteiger partial charge in [-0.25, -0.2) is 0 Å². The van der Waals surface area contributed by atoms with E-state index in [1.807, 2.05) is 0 Å². The van der Waals surface area contributed by atoms with Gasteiger partial charge in [-0.3, -0.25) is 15.1 Å². The van der Waals surface area contributed by atoms with Gasteiger partial charge in [-0.15, -0.1) is 0 Å². The van der Waals surface area contributed by atoms with Gasteiger partial charge in [0.05, 0.1) is 15.5 Å². The summed E-state index contributed by atoms with van der Waals surface area (Å²) in [6.45, 7) is 0. The molecule has 0 aliphatic carbocycles. The number of aromatic nitrogens is 1. The van der Waals surface area contributed by atoms with Crippen LogP contribution in [0.15, 0.2) is 36.7 Å². The Morgan fingerprint density at radius 3 is 2.59 bits per heavy atom. The second-order valence-corrected chi connectivity index (χ2v) is 4.12. The maximum Gasteiger partial charge on any atom is 0.295 e. The lowest BCUT2D eigenvalue weighted by atomic mass is 10.1. The second kappa shape index (κ2) is 4.69. The summed E-state index contributed by atoms with van der Waals surface area (Å²) in [5.74, 6) is 0. The predicted molar refractivity (Wildman–Crippen MR) is 66.3 cm³/mol. The number of pyridine rings is 1. The van der Waals surface area contributed by atoms with Gasteiger partial charge in [0, 0.05) is 16.8 Å². The van der Waals surface area contributed by atoms with Gasteiger partial charge in [0.25, 0.3) is 5.69 Å². The van der Waals surface area contributed by atoms with Gasteiger partial charge in [-0.05, 0) is 18.2 Å². The zero-order valence-electron chi connectivity index (χ0n) is 8.43. The van der Waals surface area contributed by atoms with Crippen molar-refractivity contribution in [2.24, 2.45) is 0 Å². The van der Waals surface area contributed by atoms with Crippen molar-refractivity contribution in [1.29, 1.82) is 0 Å². The van der Waals surface area contributed by atoms with E-state index in [-0.39, 0.29) is 5.69 Å². The molecule has 0 N–H and O–H groups in total. The maximum absolute atomic E-state index is 10.9. The minimum Gasteiger partial charge on any atom is -0.258 e. The highest BCUT2D eigenvalue weighted by Gasteiger charge is 2.17. The monoisotopic (exact) mass is 268 g/mol. The number of hydrogen-bond donors (Lipinski definition) is 0. The number of nitro groups is 1. The zero-order chi connectivity index (χ0) is 12.4. The molecular weight excluding hydrogens is 263 g/mol. The molecule has 6 heteroatoms. The Bertz CT molecular complexity index is 587. The Balaban J connectivity index is 2.64. The Labute approximate surface area is 107 Å². The molecule has 0 unspecified atom stereocenters. The molecule has 86 valence electrons. The normalized spacial score (nSPS) is 10.2. The van der Waals surface area contributed by atoms with Crippen LogP contribution in [0, 0.1) is 10.1 Å². The fourth-order valence-electron chi connectivity index (χ4n) is 1.47. The Hall–Kier alpha value is -1.65. The molecule has 4 nitrogen and oxygen atoms in total. The SMILES string of the molecule is O=[N+]([O-])c1cnccc1-c1ccc(Cl)cc1Cl. The molecule has 0 radical (unpaired) electrons. The molecule has 1 heterocycles. The van der Waals surface area contributed by atoms with Crippen molar-refractivity contribution in [1.82, 2.24) is 4.98 Å². The molecule has 0 saturated carbocycles. The molecule has 0 aliphatic rings. The molecule has 17 heavy (non-hydrogen) atoms. The van der Waals surface area contributed by atoms with Crippen LogP contribution < -0.4 is 0 Å². The highest BCUT2D eigenvalue weighted by Crippen LogP contribution is 2.35. The molecule has 0 atom stereocenters. The lowest BCUT2D eigenvalue weighted by Crippen LogP contribution is -1.93. The third kappa shape index (κ3) is 2.38. The van der Waals surface area contributed by atoms with Gasteiger partial charge < -0.3 is 0 Å². The standard InChI is InChI=1S/C11H6Cl2N2O2/c12-7-1-2-8(10(13)5-7)9-3-4-14-6-11(9)15(16)17/h1-6H. The first-order chi connectivity index (χ1) is 8.09. The van der Waals surface area contributed by atoms with Crippen molar-refractivity contribution in [2.75, 3.05) is 0 Å². The summed E-state index contributed by atoms with van der Waals surface area (Å²) in [7, 11) is 0. The molecule has 0 amide bonds. The highest BCUT2D eigenvalue weighted by atomic mass is 35.5. The van der Waals surface area contributed by atoms with Crippen LogP contribution in [0.2, 0.25) is 10.0 Å². The van der Waals surface area contributed by atoms with Crippen molar-refractivity contribution in [3.63, 3.8) is 0 Å². The summed E-state index contributed by atoms with van der Waals surface area (Å²) in [6.07, 6.45) is 2.67. The lowest BCUT2D eigenvalue weighted by molar-refractivity contribution is -0.384. The van der Waals surface area contributed by atoms with E-state index < -0.39 is 4.92 Å². The van der Waals surface area contributed by atoms with E-state index in [4.69, 9.17) is 23.2 Å². The lowest BCUT2D eigenvalue weighted by Gasteiger charge is -2.05. The predicted octanol–water partition coefficient (Wildman–Crippen LogP) is 3.96. The largest absolute Gasteiger partial charge is 0.295 e. The molecule has 2 rings (SSSR count). The summed E-state index contributed by atoms with van der Waals surface area (Å²) >= 11 is 11.8. The van der Waals surface area contributed by atoms with Crippen LogP contribution >= 0.6 is 23.2 Å². The van der Waals surface area contributed by atoms with Crippen LogP contribution in [0.5, 0.6) is 0 Å². The average molecular weight is 269 g/mol. The van der Waals surface area contributed by atoms with E-state index in [2.05, 4.69) is 4.98 Å². The highest BCUT2D eigenvalue weighted by molar-refractivity contribution is 6.36. The quantitative estimate of drug-likeness (QED) is 0.612. The molecule has 2 aromatic rings. The van der Waals surface area contributed by atoms with Crippen molar-refractivity contribution >= 4 is 28.9 Å². The summed E-state index contributed by atoms with van der Waals surface area (Å²) in [6, 6.07) is 6.37. The zero-order valence-corrected chi connectivity index (χ0v) is 9.94. The van der Waals surface area contributed by atoms with Gasteiger partial charge in [0.15, 0.2) is 0 Å². The first-order valence-electron chi connectivity index (χ1n) is 4.63. The van der Waals surface area contributed by atoms with Crippen molar-refractivity contribution in [3.05, 3.63) is 56.8 Å². The fraction of sp³-hybridized carbons (Fsp3) is 0. The van der Waals surface area contributed by atoms with Crippen LogP contribution in [0.4, 0.5) is 5.69 Å². The Morgan fingerprint density at radius 2 is 1.94 bits per heavy atom. The summed E-state index contributed by atoms with van der Waals surface area (Å²) < 4.78 is 0. The average Bonchev–Trinajstić information content (AvgIpc) is 2.29. The van der Waals surface area contributed by atoms with E-state index in [9.17, 15) is 10.1 Å². The number of hydrogen-bond acceptors (Lipinski definition) is 3. The number of nitrogens with zero attached hydrogens (tertiary/aromatic N) is 2. The molecule has 1 aromatic heterocycles. The molecule has 0 spiro atoms. The second-order valence-electron chi connectivity index (χ2n) is 3.27. The number of halogens is 2. The smallest absolute Gasteiger partial charge is 0.258 e. The van der Waals surface area contributed by atoms with Gasteiger partial charge in [-0.2, -0.15) is 0 Å². The van der Waals surface area contributed by atoms with E-state index in [0.717, 1.165) is 0 Å². The molecule has 1 aromatic carbocycles. The molecule has 0 aliphatic heterocycles. The molecular formula is C11H6Cl2N2O2.